The Bertz CT molecular complexity index is 772. The van der Waals surface area contributed by atoms with Gasteiger partial charge in [-0.3, -0.25) is 9.88 Å². The Morgan fingerprint density at radius 1 is 1.44 bits per heavy atom. The fraction of sp³-hybridized carbons (Fsp3) is 0.368. The molecule has 5 nitrogen and oxygen atoms in total. The average Bonchev–Trinajstić information content (AvgIpc) is 2.98. The zero-order chi connectivity index (χ0) is 18.6. The maximum atomic E-state index is 5.94. The third-order valence-corrected chi connectivity index (χ3v) is 4.31. The first-order chi connectivity index (χ1) is 11.8. The molecule has 2 heterocycles. The van der Waals surface area contributed by atoms with Crippen LogP contribution in [0.2, 0.25) is 0 Å². The molecule has 0 saturated heterocycles. The standard InChI is InChI=1S/C19H23N3O2S/c1-8-13(2)22(14(3)24-19(4,5)6)18-16(23-7)21-17(25-18)15-10-9-11-20-12-15/h1,9-13H,3H2,2,4-7H3. The highest BCUT2D eigenvalue weighted by Gasteiger charge is 2.27. The number of terminal acetylenes is 1. The molecule has 2 aromatic rings. The molecule has 0 spiro atoms. The van der Waals surface area contributed by atoms with Crippen LogP contribution >= 0.6 is 11.3 Å². The molecule has 0 aliphatic carbocycles. The number of hydrogen-bond donors (Lipinski definition) is 0. The van der Waals surface area contributed by atoms with E-state index in [9.17, 15) is 0 Å². The van der Waals surface area contributed by atoms with Crippen molar-refractivity contribution in [3.8, 4) is 28.8 Å². The first-order valence-electron chi connectivity index (χ1n) is 7.85. The van der Waals surface area contributed by atoms with Crippen molar-refractivity contribution < 1.29 is 9.47 Å². The maximum absolute atomic E-state index is 5.94. The number of aromatic nitrogens is 2. The van der Waals surface area contributed by atoms with Crippen molar-refractivity contribution in [3.05, 3.63) is 37.0 Å². The number of rotatable bonds is 6. The van der Waals surface area contributed by atoms with Gasteiger partial charge in [0.15, 0.2) is 10.9 Å². The minimum Gasteiger partial charge on any atom is -0.479 e. The van der Waals surface area contributed by atoms with Crippen LogP contribution in [0.25, 0.3) is 10.6 Å². The number of pyridine rings is 1. The molecule has 0 aliphatic heterocycles. The van der Waals surface area contributed by atoms with Crippen LogP contribution in [-0.4, -0.2) is 28.7 Å². The monoisotopic (exact) mass is 357 g/mol. The molecule has 25 heavy (non-hydrogen) atoms. The van der Waals surface area contributed by atoms with Gasteiger partial charge in [0, 0.05) is 18.0 Å². The van der Waals surface area contributed by atoms with E-state index < -0.39 is 5.60 Å². The molecule has 0 bridgehead atoms. The van der Waals surface area contributed by atoms with E-state index in [0.29, 0.717) is 11.8 Å². The zero-order valence-corrected chi connectivity index (χ0v) is 16.1. The third kappa shape index (κ3) is 4.52. The molecule has 1 unspecified atom stereocenters. The summed E-state index contributed by atoms with van der Waals surface area (Å²) >= 11 is 1.46. The first kappa shape index (κ1) is 18.8. The van der Waals surface area contributed by atoms with Gasteiger partial charge in [-0.15, -0.1) is 6.42 Å². The Balaban J connectivity index is 2.48. The van der Waals surface area contributed by atoms with Crippen LogP contribution < -0.4 is 9.64 Å². The third-order valence-electron chi connectivity index (χ3n) is 3.22. The van der Waals surface area contributed by atoms with Crippen LogP contribution in [0, 0.1) is 12.3 Å². The summed E-state index contributed by atoms with van der Waals surface area (Å²) in [7, 11) is 1.58. The summed E-state index contributed by atoms with van der Waals surface area (Å²) < 4.78 is 11.4. The quantitative estimate of drug-likeness (QED) is 0.569. The van der Waals surface area contributed by atoms with Crippen LogP contribution in [0.3, 0.4) is 0 Å². The second-order valence-electron chi connectivity index (χ2n) is 6.40. The molecule has 132 valence electrons. The highest BCUT2D eigenvalue weighted by molar-refractivity contribution is 7.19. The molecule has 0 N–H and O–H groups in total. The van der Waals surface area contributed by atoms with E-state index in [1.807, 2.05) is 44.7 Å². The highest BCUT2D eigenvalue weighted by atomic mass is 32.1. The van der Waals surface area contributed by atoms with Gasteiger partial charge < -0.3 is 9.47 Å². The molecule has 0 saturated carbocycles. The van der Waals surface area contributed by atoms with Gasteiger partial charge in [-0.05, 0) is 46.4 Å². The van der Waals surface area contributed by atoms with E-state index in [0.717, 1.165) is 15.6 Å². The van der Waals surface area contributed by atoms with E-state index in [1.165, 1.54) is 11.3 Å². The van der Waals surface area contributed by atoms with Crippen LogP contribution in [0.4, 0.5) is 5.00 Å². The predicted molar refractivity (Wildman–Crippen MR) is 103 cm³/mol. The van der Waals surface area contributed by atoms with Gasteiger partial charge in [0.05, 0.1) is 13.2 Å². The van der Waals surface area contributed by atoms with Crippen molar-refractivity contribution >= 4 is 16.3 Å². The highest BCUT2D eigenvalue weighted by Crippen LogP contribution is 2.42. The number of thiazole rings is 1. The van der Waals surface area contributed by atoms with E-state index in [-0.39, 0.29) is 6.04 Å². The minimum absolute atomic E-state index is 0.272. The van der Waals surface area contributed by atoms with Crippen LogP contribution in [-0.2, 0) is 4.74 Å². The van der Waals surface area contributed by atoms with Gasteiger partial charge in [0.2, 0.25) is 5.88 Å². The van der Waals surface area contributed by atoms with E-state index in [4.69, 9.17) is 15.9 Å². The SMILES string of the molecule is C#CC(C)N(C(=C)OC(C)(C)C)c1sc(-c2cccnc2)nc1OC. The second kappa shape index (κ2) is 7.58. The van der Waals surface area contributed by atoms with E-state index in [2.05, 4.69) is 22.5 Å². The second-order valence-corrected chi connectivity index (χ2v) is 7.37. The summed E-state index contributed by atoms with van der Waals surface area (Å²) in [6, 6.07) is 3.54. The number of nitrogens with zero attached hydrogens (tertiary/aromatic N) is 3. The Labute approximate surface area is 153 Å². The fourth-order valence-electron chi connectivity index (χ4n) is 2.18. The lowest BCUT2D eigenvalue weighted by molar-refractivity contribution is 0.0482. The normalized spacial score (nSPS) is 12.2. The predicted octanol–water partition coefficient (Wildman–Crippen LogP) is 4.33. The van der Waals surface area contributed by atoms with Gasteiger partial charge >= 0.3 is 0 Å². The molecular weight excluding hydrogens is 334 g/mol. The lowest BCUT2D eigenvalue weighted by Crippen LogP contribution is -2.35. The minimum atomic E-state index is -0.395. The van der Waals surface area contributed by atoms with Gasteiger partial charge in [0.25, 0.3) is 0 Å². The van der Waals surface area contributed by atoms with E-state index in [1.54, 1.807) is 19.5 Å². The Hall–Kier alpha value is -2.52. The maximum Gasteiger partial charge on any atom is 0.250 e. The number of hydrogen-bond acceptors (Lipinski definition) is 6. The van der Waals surface area contributed by atoms with Crippen LogP contribution in [0.1, 0.15) is 27.7 Å². The number of anilines is 1. The largest absolute Gasteiger partial charge is 0.479 e. The Kier molecular flexibility index (Phi) is 5.70. The molecular formula is C19H23N3O2S. The smallest absolute Gasteiger partial charge is 0.250 e. The summed E-state index contributed by atoms with van der Waals surface area (Å²) in [6.45, 7) is 11.8. The molecule has 2 aromatic heterocycles. The molecule has 0 aliphatic rings. The number of ether oxygens (including phenoxy) is 2. The van der Waals surface area contributed by atoms with Crippen molar-refractivity contribution in [2.24, 2.45) is 0 Å². The van der Waals surface area contributed by atoms with Gasteiger partial charge in [0.1, 0.15) is 10.6 Å². The molecule has 6 heteroatoms. The fourth-order valence-corrected chi connectivity index (χ4v) is 3.30. The van der Waals surface area contributed by atoms with Crippen molar-refractivity contribution in [2.75, 3.05) is 12.0 Å². The van der Waals surface area contributed by atoms with Crippen LogP contribution in [0.15, 0.2) is 37.0 Å². The number of methoxy groups -OCH3 is 1. The topological polar surface area (TPSA) is 47.5 Å². The van der Waals surface area contributed by atoms with Crippen LogP contribution in [0.5, 0.6) is 5.88 Å². The molecule has 0 aromatic carbocycles. The van der Waals surface area contributed by atoms with Crippen molar-refractivity contribution in [1.82, 2.24) is 9.97 Å². The van der Waals surface area contributed by atoms with Crippen molar-refractivity contribution in [3.63, 3.8) is 0 Å². The summed E-state index contributed by atoms with van der Waals surface area (Å²) in [5, 5.41) is 1.54. The molecule has 0 amide bonds. The summed E-state index contributed by atoms with van der Waals surface area (Å²) in [5.41, 5.74) is 0.515. The van der Waals surface area contributed by atoms with E-state index >= 15 is 0 Å². The lowest BCUT2D eigenvalue weighted by atomic mass is 10.2. The van der Waals surface area contributed by atoms with Gasteiger partial charge in [-0.2, -0.15) is 4.98 Å². The molecule has 1 atom stereocenters. The molecule has 0 radical (unpaired) electrons. The van der Waals surface area contributed by atoms with Crippen molar-refractivity contribution in [2.45, 2.75) is 39.3 Å². The summed E-state index contributed by atoms with van der Waals surface area (Å²) in [5.74, 6) is 3.66. The molecule has 0 fully saturated rings. The Morgan fingerprint density at radius 2 is 2.16 bits per heavy atom. The van der Waals surface area contributed by atoms with Gasteiger partial charge in [-0.25, -0.2) is 0 Å². The lowest BCUT2D eigenvalue weighted by Gasteiger charge is -2.32. The Morgan fingerprint density at radius 3 is 2.68 bits per heavy atom. The summed E-state index contributed by atoms with van der Waals surface area (Å²) in [4.78, 5) is 10.5. The zero-order valence-electron chi connectivity index (χ0n) is 15.2. The van der Waals surface area contributed by atoms with Gasteiger partial charge in [-0.1, -0.05) is 17.3 Å². The van der Waals surface area contributed by atoms with Crippen molar-refractivity contribution in [1.29, 1.82) is 0 Å². The average molecular weight is 357 g/mol. The molecule has 2 rings (SSSR count). The summed E-state index contributed by atoms with van der Waals surface area (Å²) in [6.07, 6.45) is 9.15. The first-order valence-corrected chi connectivity index (χ1v) is 8.67.